The average Bonchev–Trinajstić information content (AvgIpc) is 2.98. The minimum Gasteiger partial charge on any atom is -0.365 e. The van der Waals surface area contributed by atoms with Crippen LogP contribution in [-0.2, 0) is 27.6 Å². The van der Waals surface area contributed by atoms with Crippen molar-refractivity contribution in [3.8, 4) is 0 Å². The summed E-state index contributed by atoms with van der Waals surface area (Å²) in [6.07, 6.45) is 1.69. The van der Waals surface area contributed by atoms with Crippen LogP contribution >= 0.6 is 22.9 Å². The molecule has 7 nitrogen and oxygen atoms in total. The molecule has 1 aliphatic rings. The Bertz CT molecular complexity index is 1030. The van der Waals surface area contributed by atoms with Gasteiger partial charge in [-0.1, -0.05) is 18.5 Å². The van der Waals surface area contributed by atoms with Gasteiger partial charge < -0.3 is 11.1 Å². The molecule has 3 rings (SSSR count). The molecular weight excluding hydrogens is 434 g/mol. The minimum atomic E-state index is -3.84. The van der Waals surface area contributed by atoms with Crippen LogP contribution in [0.5, 0.6) is 0 Å². The highest BCUT2D eigenvalue weighted by atomic mass is 35.5. The first kappa shape index (κ1) is 21.8. The highest BCUT2D eigenvalue weighted by molar-refractivity contribution is 7.92. The van der Waals surface area contributed by atoms with Crippen LogP contribution in [0.25, 0.3) is 0 Å². The van der Waals surface area contributed by atoms with Crippen molar-refractivity contribution in [2.75, 3.05) is 24.2 Å². The van der Waals surface area contributed by atoms with E-state index in [-0.39, 0.29) is 4.90 Å². The van der Waals surface area contributed by atoms with Gasteiger partial charge in [-0.2, -0.15) is 0 Å². The first-order chi connectivity index (χ1) is 13.7. The largest absolute Gasteiger partial charge is 0.365 e. The number of fused-ring (bicyclic) bond motifs is 1. The van der Waals surface area contributed by atoms with E-state index in [4.69, 9.17) is 17.3 Å². The maximum absolute atomic E-state index is 12.5. The Morgan fingerprint density at radius 3 is 2.59 bits per heavy atom. The molecule has 0 saturated carbocycles. The molecule has 0 unspecified atom stereocenters. The standard InChI is InChI=1S/C19H22ClN3O4S2/c1-2-8-23-9-7-14-15(10-23)28-19(17(14)18(21)25)22-16(24)11-29(26,27)13-5-3-12(20)4-6-13/h3-6H,2,7-11H2,1H3,(H2,21,25)(H,22,24). The number of carbonyl (C=O) groups excluding carboxylic acids is 2. The number of halogens is 1. The molecule has 2 aromatic rings. The Hall–Kier alpha value is -1.94. The highest BCUT2D eigenvalue weighted by Crippen LogP contribution is 2.37. The third-order valence-corrected chi connectivity index (χ3v) is 7.69. The molecule has 0 bridgehead atoms. The van der Waals surface area contributed by atoms with Crippen LogP contribution in [0.3, 0.4) is 0 Å². The van der Waals surface area contributed by atoms with Crippen molar-refractivity contribution in [2.45, 2.75) is 31.2 Å². The summed E-state index contributed by atoms with van der Waals surface area (Å²) in [4.78, 5) is 27.7. The SMILES string of the molecule is CCCN1CCc2c(sc(NC(=O)CS(=O)(=O)c3ccc(Cl)cc3)c2C(N)=O)C1. The third kappa shape index (κ3) is 4.98. The van der Waals surface area contributed by atoms with E-state index in [0.717, 1.165) is 30.0 Å². The van der Waals surface area contributed by atoms with Crippen LogP contribution in [0.1, 0.15) is 34.1 Å². The molecule has 1 aromatic heterocycles. The molecule has 29 heavy (non-hydrogen) atoms. The van der Waals surface area contributed by atoms with Crippen LogP contribution in [0.15, 0.2) is 29.2 Å². The van der Waals surface area contributed by atoms with Gasteiger partial charge in [-0.3, -0.25) is 14.5 Å². The molecule has 0 aliphatic carbocycles. The van der Waals surface area contributed by atoms with E-state index in [1.165, 1.54) is 35.6 Å². The Labute approximate surface area is 178 Å². The number of carbonyl (C=O) groups is 2. The molecule has 3 N–H and O–H groups in total. The molecule has 156 valence electrons. The fourth-order valence-corrected chi connectivity index (χ4v) is 5.95. The van der Waals surface area contributed by atoms with Crippen LogP contribution < -0.4 is 11.1 Å². The third-order valence-electron chi connectivity index (χ3n) is 4.67. The van der Waals surface area contributed by atoms with Crippen LogP contribution in [0.2, 0.25) is 5.02 Å². The van der Waals surface area contributed by atoms with Crippen molar-refractivity contribution in [3.05, 3.63) is 45.3 Å². The van der Waals surface area contributed by atoms with E-state index in [0.29, 0.717) is 28.6 Å². The molecule has 0 fully saturated rings. The quantitative estimate of drug-likeness (QED) is 0.667. The van der Waals surface area contributed by atoms with Gasteiger partial charge in [0.05, 0.1) is 10.5 Å². The van der Waals surface area contributed by atoms with Crippen LogP contribution in [0, 0.1) is 0 Å². The molecule has 2 amide bonds. The van der Waals surface area contributed by atoms with Crippen molar-refractivity contribution >= 4 is 49.6 Å². The zero-order valence-electron chi connectivity index (χ0n) is 15.9. The second kappa shape index (κ2) is 8.83. The average molecular weight is 456 g/mol. The van der Waals surface area contributed by atoms with Gasteiger partial charge in [-0.15, -0.1) is 11.3 Å². The first-order valence-electron chi connectivity index (χ1n) is 9.16. The zero-order valence-corrected chi connectivity index (χ0v) is 18.3. The fraction of sp³-hybridized carbons (Fsp3) is 0.368. The van der Waals surface area contributed by atoms with E-state index in [2.05, 4.69) is 17.1 Å². The summed E-state index contributed by atoms with van der Waals surface area (Å²) in [7, 11) is -3.84. The fourth-order valence-electron chi connectivity index (χ4n) is 3.37. The smallest absolute Gasteiger partial charge is 0.251 e. The molecule has 1 aliphatic heterocycles. The molecule has 1 aromatic carbocycles. The van der Waals surface area contributed by atoms with Crippen molar-refractivity contribution in [1.82, 2.24) is 4.90 Å². The van der Waals surface area contributed by atoms with Crippen LogP contribution in [0.4, 0.5) is 5.00 Å². The minimum absolute atomic E-state index is 0.00727. The first-order valence-corrected chi connectivity index (χ1v) is 12.0. The number of nitrogens with two attached hydrogens (primary N) is 1. The van der Waals surface area contributed by atoms with Crippen LogP contribution in [-0.4, -0.2) is 44.0 Å². The van der Waals surface area contributed by atoms with E-state index >= 15 is 0 Å². The van der Waals surface area contributed by atoms with Crippen molar-refractivity contribution in [2.24, 2.45) is 5.73 Å². The maximum atomic E-state index is 12.5. The van der Waals surface area contributed by atoms with E-state index in [1.807, 2.05) is 0 Å². The highest BCUT2D eigenvalue weighted by Gasteiger charge is 2.28. The summed E-state index contributed by atoms with van der Waals surface area (Å²) < 4.78 is 24.9. The maximum Gasteiger partial charge on any atom is 0.251 e. The van der Waals surface area contributed by atoms with Crippen molar-refractivity contribution < 1.29 is 18.0 Å². The molecule has 2 heterocycles. The molecule has 0 radical (unpaired) electrons. The lowest BCUT2D eigenvalue weighted by Crippen LogP contribution is -2.31. The number of nitrogens with zero attached hydrogens (tertiary/aromatic N) is 1. The summed E-state index contributed by atoms with van der Waals surface area (Å²) in [5.74, 6) is -2.08. The molecule has 0 saturated heterocycles. The molecule has 0 spiro atoms. The monoisotopic (exact) mass is 455 g/mol. The van der Waals surface area contributed by atoms with Gasteiger partial charge in [0.1, 0.15) is 10.8 Å². The zero-order chi connectivity index (χ0) is 21.2. The van der Waals surface area contributed by atoms with E-state index in [1.54, 1.807) is 0 Å². The van der Waals surface area contributed by atoms with Crippen molar-refractivity contribution in [1.29, 1.82) is 0 Å². The normalized spacial score (nSPS) is 14.4. The summed E-state index contributed by atoms with van der Waals surface area (Å²) in [6.45, 7) is 4.55. The van der Waals surface area contributed by atoms with Crippen molar-refractivity contribution in [3.63, 3.8) is 0 Å². The molecule has 0 atom stereocenters. The summed E-state index contributed by atoms with van der Waals surface area (Å²) in [6, 6.07) is 5.61. The number of sulfone groups is 1. The van der Waals surface area contributed by atoms with Gasteiger partial charge in [0, 0.05) is 23.0 Å². The van der Waals surface area contributed by atoms with Gasteiger partial charge >= 0.3 is 0 Å². The van der Waals surface area contributed by atoms with Gasteiger partial charge in [0.15, 0.2) is 9.84 Å². The van der Waals surface area contributed by atoms with E-state index < -0.39 is 27.4 Å². The number of benzene rings is 1. The number of hydrogen-bond donors (Lipinski definition) is 2. The summed E-state index contributed by atoms with van der Waals surface area (Å²) >= 11 is 7.07. The number of hydrogen-bond acceptors (Lipinski definition) is 6. The summed E-state index contributed by atoms with van der Waals surface area (Å²) in [5, 5.41) is 3.31. The number of thiophene rings is 1. The Morgan fingerprint density at radius 2 is 1.97 bits per heavy atom. The lowest BCUT2D eigenvalue weighted by atomic mass is 10.0. The van der Waals surface area contributed by atoms with Gasteiger partial charge in [-0.25, -0.2) is 8.42 Å². The van der Waals surface area contributed by atoms with Gasteiger partial charge in [-0.05, 0) is 49.2 Å². The number of nitrogens with one attached hydrogen (secondary N) is 1. The lowest BCUT2D eigenvalue weighted by Gasteiger charge is -2.26. The molecule has 10 heteroatoms. The topological polar surface area (TPSA) is 110 Å². The predicted molar refractivity (Wildman–Crippen MR) is 114 cm³/mol. The van der Waals surface area contributed by atoms with E-state index in [9.17, 15) is 18.0 Å². The van der Waals surface area contributed by atoms with Gasteiger partial charge in [0.2, 0.25) is 5.91 Å². The second-order valence-electron chi connectivity index (χ2n) is 6.86. The summed E-state index contributed by atoms with van der Waals surface area (Å²) in [5.41, 5.74) is 6.70. The molecular formula is C19H22ClN3O4S2. The Morgan fingerprint density at radius 1 is 1.28 bits per heavy atom. The van der Waals surface area contributed by atoms with Gasteiger partial charge in [0.25, 0.3) is 5.91 Å². The Balaban J connectivity index is 1.80. The second-order valence-corrected chi connectivity index (χ2v) is 10.4. The Kier molecular flexibility index (Phi) is 6.62. The number of rotatable bonds is 7. The predicted octanol–water partition coefficient (Wildman–Crippen LogP) is 2.68. The number of primary amides is 1. The number of amides is 2. The lowest BCUT2D eigenvalue weighted by molar-refractivity contribution is -0.113. The number of anilines is 1.